The van der Waals surface area contributed by atoms with E-state index in [4.69, 9.17) is 4.98 Å². The van der Waals surface area contributed by atoms with Crippen LogP contribution in [0.25, 0.3) is 21.5 Å². The summed E-state index contributed by atoms with van der Waals surface area (Å²) in [6.07, 6.45) is -1.79. The second-order valence-corrected chi connectivity index (χ2v) is 21.2. The molecule has 3 aromatic carbocycles. The number of aliphatic hydroxyl groups is 2. The average Bonchev–Trinajstić information content (AvgIpc) is 4.07. The number of anilines is 1. The van der Waals surface area contributed by atoms with E-state index in [0.29, 0.717) is 31.6 Å². The highest BCUT2D eigenvalue weighted by Crippen LogP contribution is 2.38. The third-order valence-corrected chi connectivity index (χ3v) is 15.1. The molecule has 378 valence electrons. The lowest BCUT2D eigenvalue weighted by atomic mass is 9.75. The van der Waals surface area contributed by atoms with Crippen molar-refractivity contribution in [1.82, 2.24) is 39.9 Å². The first-order chi connectivity index (χ1) is 33.8. The van der Waals surface area contributed by atoms with Crippen LogP contribution in [-0.2, 0) is 28.9 Å². The molecule has 0 bridgehead atoms. The molecule has 71 heavy (non-hydrogen) atoms. The number of aliphatic hydroxyl groups excluding tert-OH is 2. The van der Waals surface area contributed by atoms with Crippen LogP contribution in [0.2, 0.25) is 0 Å². The number of carbonyl (C=O) groups is 4. The number of halogens is 3. The number of carbonyl (C=O) groups excluding carboxylic acids is 4. The predicted octanol–water partition coefficient (Wildman–Crippen LogP) is 6.38. The van der Waals surface area contributed by atoms with E-state index in [0.717, 1.165) is 83.7 Å². The third kappa shape index (κ3) is 12.5. The number of benzene rings is 3. The van der Waals surface area contributed by atoms with Crippen LogP contribution in [0.3, 0.4) is 0 Å². The summed E-state index contributed by atoms with van der Waals surface area (Å²) in [6.45, 7) is 11.4. The first kappa shape index (κ1) is 51.7. The summed E-state index contributed by atoms with van der Waals surface area (Å²) in [5, 5.41) is 29.2. The third-order valence-electron chi connectivity index (χ3n) is 14.1. The molecule has 3 aliphatic rings. The second-order valence-electron chi connectivity index (χ2n) is 20.3. The van der Waals surface area contributed by atoms with Crippen molar-refractivity contribution in [3.8, 4) is 10.4 Å². The van der Waals surface area contributed by atoms with Gasteiger partial charge in [-0.05, 0) is 97.4 Å². The Kier molecular flexibility index (Phi) is 16.0. The molecule has 15 nitrogen and oxygen atoms in total. The van der Waals surface area contributed by atoms with Crippen LogP contribution in [0.15, 0.2) is 72.2 Å². The van der Waals surface area contributed by atoms with Crippen molar-refractivity contribution in [2.75, 3.05) is 51.1 Å². The fourth-order valence-electron chi connectivity index (χ4n) is 10.00. The molecule has 2 aliphatic heterocycles. The second kappa shape index (κ2) is 22.0. The Labute approximate surface area is 416 Å². The van der Waals surface area contributed by atoms with Crippen molar-refractivity contribution in [2.24, 2.45) is 11.3 Å². The van der Waals surface area contributed by atoms with Gasteiger partial charge in [0.1, 0.15) is 12.1 Å². The Morgan fingerprint density at radius 1 is 0.915 bits per heavy atom. The summed E-state index contributed by atoms with van der Waals surface area (Å²) in [5.74, 6) is -1.29. The summed E-state index contributed by atoms with van der Waals surface area (Å²) in [4.78, 5) is 70.8. The Morgan fingerprint density at radius 3 is 2.28 bits per heavy atom. The van der Waals surface area contributed by atoms with Gasteiger partial charge in [-0.2, -0.15) is 13.2 Å². The van der Waals surface area contributed by atoms with Gasteiger partial charge in [-0.1, -0.05) is 57.2 Å². The Bertz CT molecular complexity index is 2690. The number of thiazole rings is 1. The highest BCUT2D eigenvalue weighted by atomic mass is 32.1. The molecular formula is C51H63BF3N9O6S. The average molecular weight is 998 g/mol. The zero-order valence-electron chi connectivity index (χ0n) is 40.7. The predicted molar refractivity (Wildman–Crippen MR) is 268 cm³/mol. The normalized spacial score (nSPS) is 20.7. The van der Waals surface area contributed by atoms with Gasteiger partial charge >= 0.3 is 6.18 Å². The van der Waals surface area contributed by atoms with Gasteiger partial charge in [0.15, 0.2) is 5.81 Å². The largest absolute Gasteiger partial charge is 0.416 e. The van der Waals surface area contributed by atoms with Crippen molar-refractivity contribution in [3.63, 3.8) is 0 Å². The highest BCUT2D eigenvalue weighted by molar-refractivity contribution is 7.13. The van der Waals surface area contributed by atoms with E-state index in [1.54, 1.807) is 11.3 Å². The van der Waals surface area contributed by atoms with Crippen molar-refractivity contribution < 1.29 is 42.6 Å². The number of hydrogen-bond donors (Lipinski definition) is 5. The maximum absolute atomic E-state index is 14.2. The van der Waals surface area contributed by atoms with Gasteiger partial charge in [0.2, 0.25) is 25.0 Å². The Balaban J connectivity index is 0.841. The van der Waals surface area contributed by atoms with Crippen LogP contribution in [0.1, 0.15) is 91.7 Å². The maximum atomic E-state index is 14.2. The minimum Gasteiger partial charge on any atom is -0.396 e. The standard InChI is InChI=1S/C51H63BF3N9O6S/c1-31-43(71-30-57-31)35-13-8-32(9-14-35)25-56-46(68)42-24-39(66)27-63(42)47(69)44(50(2,3)4)59-48(70)52-29-62-20-18-61(19-21-62)26-34-12-17-41-40(22-34)58-49(64(41)38-15-10-33(28-65)11-16-38)60-45(67)36-6-5-7-37(23-36)51(53,54)55/h5-9,12-14,17,22-23,30,33,38-39,42,44,52,65-66H,10-11,15-16,18-21,24-29H2,1-4H3,(H,56,68)(H,59,70)(H,58,60,67)/t33-,38+,39-,42+,44-/m1/s1. The first-order valence-corrected chi connectivity index (χ1v) is 25.3. The van der Waals surface area contributed by atoms with Crippen LogP contribution < -0.4 is 16.0 Å². The number of aryl methyl sites for hydroxylation is 1. The van der Waals surface area contributed by atoms with Crippen LogP contribution in [-0.4, -0.2) is 134 Å². The number of amides is 4. The molecule has 8 rings (SSSR count). The lowest BCUT2D eigenvalue weighted by Crippen LogP contribution is -2.58. The van der Waals surface area contributed by atoms with Crippen LogP contribution in [0.5, 0.6) is 0 Å². The number of hydrogen-bond acceptors (Lipinski definition) is 11. The molecule has 0 radical (unpaired) electrons. The topological polar surface area (TPSA) is 185 Å². The van der Waals surface area contributed by atoms with Crippen molar-refractivity contribution in [1.29, 1.82) is 0 Å². The molecule has 20 heteroatoms. The molecule has 3 fully saturated rings. The molecule has 4 heterocycles. The summed E-state index contributed by atoms with van der Waals surface area (Å²) in [6, 6.07) is 16.4. The zero-order valence-corrected chi connectivity index (χ0v) is 41.5. The number of likely N-dealkylation sites (tertiary alicyclic amines) is 1. The molecule has 1 aliphatic carbocycles. The molecule has 2 saturated heterocycles. The van der Waals surface area contributed by atoms with E-state index in [2.05, 4.69) is 30.7 Å². The van der Waals surface area contributed by atoms with E-state index in [-0.39, 0.29) is 68.6 Å². The van der Waals surface area contributed by atoms with Gasteiger partial charge in [-0.15, -0.1) is 11.3 Å². The molecule has 4 amide bonds. The van der Waals surface area contributed by atoms with Crippen molar-refractivity contribution in [3.05, 3.63) is 100 Å². The van der Waals surface area contributed by atoms with Crippen molar-refractivity contribution in [2.45, 2.75) is 103 Å². The molecule has 3 atom stereocenters. The van der Waals surface area contributed by atoms with Crippen LogP contribution in [0.4, 0.5) is 23.9 Å². The number of β-amino-alcohol motifs (C(OH)–C–C–N with tert-alkyl or cyclic N) is 1. The molecule has 5 N–H and O–H groups in total. The van der Waals surface area contributed by atoms with Gasteiger partial charge in [0, 0.05) is 70.4 Å². The summed E-state index contributed by atoms with van der Waals surface area (Å²) >= 11 is 1.57. The van der Waals surface area contributed by atoms with E-state index < -0.39 is 47.2 Å². The van der Waals surface area contributed by atoms with Gasteiger partial charge < -0.3 is 35.2 Å². The summed E-state index contributed by atoms with van der Waals surface area (Å²) in [7, 11) is 0.168. The quantitative estimate of drug-likeness (QED) is 0.0738. The number of nitrogens with zero attached hydrogens (tertiary/aromatic N) is 6. The number of alkyl halides is 3. The van der Waals surface area contributed by atoms with Crippen LogP contribution in [0, 0.1) is 18.3 Å². The number of aromatic nitrogens is 3. The molecule has 2 aromatic heterocycles. The SMILES string of the molecule is Cc1ncsc1-c1ccc(CNC(=O)[C@@H]2C[C@@H](O)CN2C(=O)[C@@H](NC(=O)BCN2CCN(Cc3ccc4c(c3)nc(NC(=O)c3cccc(C(F)(F)F)c3)n4[C@H]3CC[C@@H](CO)CC3)CC2)C(C)(C)C)cc1. The Hall–Kier alpha value is -5.67. The van der Waals surface area contributed by atoms with E-state index in [1.165, 1.54) is 17.0 Å². The van der Waals surface area contributed by atoms with Gasteiger partial charge in [0.25, 0.3) is 5.91 Å². The summed E-state index contributed by atoms with van der Waals surface area (Å²) in [5.41, 5.74) is 5.44. The first-order valence-electron chi connectivity index (χ1n) is 24.4. The van der Waals surface area contributed by atoms with E-state index >= 15 is 0 Å². The molecule has 0 spiro atoms. The smallest absolute Gasteiger partial charge is 0.396 e. The fourth-order valence-corrected chi connectivity index (χ4v) is 10.8. The van der Waals surface area contributed by atoms with Gasteiger partial charge in [0.05, 0.1) is 38.8 Å². The molecule has 0 unspecified atom stereocenters. The highest BCUT2D eigenvalue weighted by Gasteiger charge is 2.44. The number of imidazole rings is 1. The van der Waals surface area contributed by atoms with Crippen LogP contribution >= 0.6 is 11.3 Å². The Morgan fingerprint density at radius 2 is 1.62 bits per heavy atom. The number of fused-ring (bicyclic) bond motifs is 1. The van der Waals surface area contributed by atoms with E-state index in [9.17, 15) is 42.6 Å². The molecule has 5 aromatic rings. The zero-order chi connectivity index (χ0) is 50.6. The van der Waals surface area contributed by atoms with Gasteiger partial charge in [-0.25, -0.2) is 9.97 Å². The fraction of sp³-hybridized carbons (Fsp3) is 0.490. The number of piperazine rings is 1. The summed E-state index contributed by atoms with van der Waals surface area (Å²) < 4.78 is 42.5. The lowest BCUT2D eigenvalue weighted by Gasteiger charge is -2.36. The lowest BCUT2D eigenvalue weighted by molar-refractivity contribution is -0.142. The van der Waals surface area contributed by atoms with E-state index in [1.807, 2.05) is 80.2 Å². The minimum absolute atomic E-state index is 0.0117. The maximum Gasteiger partial charge on any atom is 0.416 e. The number of rotatable bonds is 15. The van der Waals surface area contributed by atoms with Crippen molar-refractivity contribution >= 4 is 59.1 Å². The number of nitrogens with one attached hydrogen (secondary N) is 3. The van der Waals surface area contributed by atoms with Gasteiger partial charge in [-0.3, -0.25) is 29.4 Å². The monoisotopic (exact) mass is 997 g/mol. The molecule has 1 saturated carbocycles. The molecular weight excluding hydrogens is 934 g/mol. The minimum atomic E-state index is -4.60.